The Balaban J connectivity index is 2.95. The summed E-state index contributed by atoms with van der Waals surface area (Å²) in [5.41, 5.74) is 2.97. The highest BCUT2D eigenvalue weighted by atomic mass is 35.5. The molecule has 2 heterocycles. The molecule has 2 aromatic rings. The smallest absolute Gasteiger partial charge is 0.141 e. The third-order valence-corrected chi connectivity index (χ3v) is 2.40. The molecule has 0 aliphatic rings. The van der Waals surface area contributed by atoms with Crippen LogP contribution in [0.4, 0.5) is 0 Å². The summed E-state index contributed by atoms with van der Waals surface area (Å²) in [6, 6.07) is 3.99. The minimum atomic E-state index is 0.703. The fraction of sp³-hybridized carbons (Fsp3) is 0.222. The highest BCUT2D eigenvalue weighted by molar-refractivity contribution is 6.30. The number of hydrogen-bond donors (Lipinski definition) is 0. The number of aromatic nitrogens is 2. The highest BCUT2D eigenvalue weighted by Gasteiger charge is 2.06. The lowest BCUT2D eigenvalue weighted by Gasteiger charge is -1.96. The molecule has 2 nitrogen and oxygen atoms in total. The zero-order chi connectivity index (χ0) is 8.72. The number of fused-ring (bicyclic) bond motifs is 1. The van der Waals surface area contributed by atoms with Crippen molar-refractivity contribution < 1.29 is 0 Å². The van der Waals surface area contributed by atoms with Gasteiger partial charge in [-0.2, -0.15) is 0 Å². The minimum Gasteiger partial charge on any atom is -0.290 e. The Bertz CT molecular complexity index is 431. The molecule has 0 bridgehead atoms. The van der Waals surface area contributed by atoms with Gasteiger partial charge in [0.1, 0.15) is 10.8 Å². The second kappa shape index (κ2) is 2.49. The summed E-state index contributed by atoms with van der Waals surface area (Å²) in [5.74, 6) is 0. The maximum Gasteiger partial charge on any atom is 0.141 e. The molecule has 2 aromatic heterocycles. The van der Waals surface area contributed by atoms with Crippen LogP contribution in [-0.2, 0) is 0 Å². The largest absolute Gasteiger partial charge is 0.290 e. The standard InChI is InChI=1S/C9H9ClN2/c1-6-4-3-5-12-8(10)7(2)11-9(6)12/h3-5H,1-2H3. The van der Waals surface area contributed by atoms with Crippen molar-refractivity contribution in [3.8, 4) is 0 Å². The van der Waals surface area contributed by atoms with Crippen molar-refractivity contribution in [3.63, 3.8) is 0 Å². The molecular weight excluding hydrogens is 172 g/mol. The molecule has 0 saturated heterocycles. The van der Waals surface area contributed by atoms with Crippen molar-refractivity contribution in [1.29, 1.82) is 0 Å². The van der Waals surface area contributed by atoms with Gasteiger partial charge in [-0.05, 0) is 25.5 Å². The summed E-state index contributed by atoms with van der Waals surface area (Å²) >= 11 is 6.01. The van der Waals surface area contributed by atoms with Gasteiger partial charge in [-0.1, -0.05) is 17.7 Å². The third kappa shape index (κ3) is 0.916. The van der Waals surface area contributed by atoms with E-state index >= 15 is 0 Å². The van der Waals surface area contributed by atoms with Crippen LogP contribution >= 0.6 is 11.6 Å². The Labute approximate surface area is 75.8 Å². The Morgan fingerprint density at radius 2 is 2.17 bits per heavy atom. The summed E-state index contributed by atoms with van der Waals surface area (Å²) in [6.45, 7) is 3.94. The van der Waals surface area contributed by atoms with Crippen LogP contribution in [0.1, 0.15) is 11.3 Å². The Kier molecular flexibility index (Phi) is 1.58. The zero-order valence-corrected chi connectivity index (χ0v) is 7.76. The summed E-state index contributed by atoms with van der Waals surface area (Å²) in [6.07, 6.45) is 1.92. The van der Waals surface area contributed by atoms with E-state index in [-0.39, 0.29) is 0 Å². The Morgan fingerprint density at radius 3 is 2.83 bits per heavy atom. The van der Waals surface area contributed by atoms with E-state index in [0.29, 0.717) is 5.15 Å². The fourth-order valence-electron chi connectivity index (χ4n) is 1.29. The summed E-state index contributed by atoms with van der Waals surface area (Å²) in [4.78, 5) is 4.34. The third-order valence-electron chi connectivity index (χ3n) is 1.95. The van der Waals surface area contributed by atoms with Crippen LogP contribution in [-0.4, -0.2) is 9.38 Å². The molecule has 3 heteroatoms. The van der Waals surface area contributed by atoms with Gasteiger partial charge in [0, 0.05) is 6.20 Å². The van der Waals surface area contributed by atoms with Crippen LogP contribution in [0.15, 0.2) is 18.3 Å². The van der Waals surface area contributed by atoms with Gasteiger partial charge in [-0.25, -0.2) is 4.98 Å². The topological polar surface area (TPSA) is 17.3 Å². The average molecular weight is 181 g/mol. The van der Waals surface area contributed by atoms with Crippen molar-refractivity contribution in [3.05, 3.63) is 34.7 Å². The summed E-state index contributed by atoms with van der Waals surface area (Å²) in [7, 11) is 0. The van der Waals surface area contributed by atoms with Gasteiger partial charge in [-0.3, -0.25) is 4.40 Å². The van der Waals surface area contributed by atoms with E-state index in [4.69, 9.17) is 11.6 Å². The highest BCUT2D eigenvalue weighted by Crippen LogP contribution is 2.18. The van der Waals surface area contributed by atoms with Crippen LogP contribution < -0.4 is 0 Å². The second-order valence-corrected chi connectivity index (χ2v) is 3.23. The minimum absolute atomic E-state index is 0.703. The van der Waals surface area contributed by atoms with Crippen LogP contribution in [0, 0.1) is 13.8 Å². The molecule has 0 aromatic carbocycles. The Hall–Kier alpha value is -1.02. The first-order chi connectivity index (χ1) is 5.70. The van der Waals surface area contributed by atoms with Gasteiger partial charge in [0.25, 0.3) is 0 Å². The van der Waals surface area contributed by atoms with E-state index < -0.39 is 0 Å². The molecule has 0 N–H and O–H groups in total. The number of halogens is 1. The van der Waals surface area contributed by atoms with E-state index in [1.54, 1.807) is 0 Å². The first-order valence-electron chi connectivity index (χ1n) is 3.80. The number of rotatable bonds is 0. The van der Waals surface area contributed by atoms with Gasteiger partial charge in [-0.15, -0.1) is 0 Å². The van der Waals surface area contributed by atoms with Gasteiger partial charge in [0.05, 0.1) is 5.69 Å². The normalized spacial score (nSPS) is 10.9. The van der Waals surface area contributed by atoms with Crippen molar-refractivity contribution in [2.24, 2.45) is 0 Å². The lowest BCUT2D eigenvalue weighted by Crippen LogP contribution is -1.85. The molecule has 0 atom stereocenters. The molecule has 2 rings (SSSR count). The summed E-state index contributed by atoms with van der Waals surface area (Å²) < 4.78 is 1.90. The van der Waals surface area contributed by atoms with E-state index in [2.05, 4.69) is 4.98 Å². The van der Waals surface area contributed by atoms with E-state index in [0.717, 1.165) is 16.9 Å². The monoisotopic (exact) mass is 180 g/mol. The number of hydrogen-bond acceptors (Lipinski definition) is 1. The van der Waals surface area contributed by atoms with Gasteiger partial charge in [0.2, 0.25) is 0 Å². The SMILES string of the molecule is Cc1nc2c(C)cccn2c1Cl. The van der Waals surface area contributed by atoms with E-state index in [1.807, 2.05) is 36.6 Å². The second-order valence-electron chi connectivity index (χ2n) is 2.87. The molecular formula is C9H9ClN2. The maximum absolute atomic E-state index is 6.01. The predicted octanol–water partition coefficient (Wildman–Crippen LogP) is 2.60. The molecule has 0 aliphatic heterocycles. The Morgan fingerprint density at radius 1 is 1.42 bits per heavy atom. The number of aryl methyl sites for hydroxylation is 2. The predicted molar refractivity (Wildman–Crippen MR) is 49.7 cm³/mol. The lowest BCUT2D eigenvalue weighted by molar-refractivity contribution is 1.16. The van der Waals surface area contributed by atoms with Crippen LogP contribution in [0.3, 0.4) is 0 Å². The lowest BCUT2D eigenvalue weighted by atomic mass is 10.3. The first-order valence-corrected chi connectivity index (χ1v) is 4.17. The average Bonchev–Trinajstić information content (AvgIpc) is 2.32. The van der Waals surface area contributed by atoms with Crippen LogP contribution in [0.5, 0.6) is 0 Å². The van der Waals surface area contributed by atoms with E-state index in [1.165, 1.54) is 0 Å². The van der Waals surface area contributed by atoms with Gasteiger partial charge in [0.15, 0.2) is 0 Å². The summed E-state index contributed by atoms with van der Waals surface area (Å²) in [5, 5.41) is 0.703. The molecule has 0 spiro atoms. The zero-order valence-electron chi connectivity index (χ0n) is 7.00. The van der Waals surface area contributed by atoms with Crippen molar-refractivity contribution >= 4 is 17.2 Å². The molecule has 0 radical (unpaired) electrons. The molecule has 0 amide bonds. The van der Waals surface area contributed by atoms with E-state index in [9.17, 15) is 0 Å². The molecule has 0 unspecified atom stereocenters. The quantitative estimate of drug-likeness (QED) is 0.609. The number of nitrogens with zero attached hydrogens (tertiary/aromatic N) is 2. The van der Waals surface area contributed by atoms with Crippen molar-refractivity contribution in [2.45, 2.75) is 13.8 Å². The van der Waals surface area contributed by atoms with Crippen LogP contribution in [0.2, 0.25) is 5.15 Å². The first kappa shape index (κ1) is 7.62. The molecule has 0 aliphatic carbocycles. The number of imidazole rings is 1. The molecule has 0 fully saturated rings. The van der Waals surface area contributed by atoms with Crippen LogP contribution in [0.25, 0.3) is 5.65 Å². The molecule has 62 valence electrons. The van der Waals surface area contributed by atoms with Gasteiger partial charge >= 0.3 is 0 Å². The molecule has 12 heavy (non-hydrogen) atoms. The number of pyridine rings is 1. The van der Waals surface area contributed by atoms with Crippen molar-refractivity contribution in [2.75, 3.05) is 0 Å². The maximum atomic E-state index is 6.01. The molecule has 0 saturated carbocycles. The van der Waals surface area contributed by atoms with Gasteiger partial charge < -0.3 is 0 Å². The van der Waals surface area contributed by atoms with Crippen molar-refractivity contribution in [1.82, 2.24) is 9.38 Å². The fourth-order valence-corrected chi connectivity index (χ4v) is 1.47.